The van der Waals surface area contributed by atoms with Gasteiger partial charge in [0.1, 0.15) is 10.7 Å². The van der Waals surface area contributed by atoms with E-state index in [0.29, 0.717) is 12.2 Å². The number of halogens is 1. The SMILES string of the molecule is CCCNCc1ccc(S(=O)(=O)Nc2ccsc2)c(F)c1. The molecule has 7 heteroatoms. The van der Waals surface area contributed by atoms with Gasteiger partial charge in [0.05, 0.1) is 5.69 Å². The molecule has 0 spiro atoms. The monoisotopic (exact) mass is 328 g/mol. The molecular formula is C14H17FN2O2S2. The molecule has 2 N–H and O–H groups in total. The maximum absolute atomic E-state index is 14.0. The van der Waals surface area contributed by atoms with E-state index in [9.17, 15) is 12.8 Å². The van der Waals surface area contributed by atoms with Crippen molar-refractivity contribution < 1.29 is 12.8 Å². The van der Waals surface area contributed by atoms with Crippen LogP contribution in [0.4, 0.5) is 10.1 Å². The second kappa shape index (κ2) is 7.02. The van der Waals surface area contributed by atoms with Gasteiger partial charge in [0.25, 0.3) is 10.0 Å². The molecule has 2 rings (SSSR count). The highest BCUT2D eigenvalue weighted by molar-refractivity contribution is 7.92. The summed E-state index contributed by atoms with van der Waals surface area (Å²) in [5.74, 6) is -0.742. The minimum Gasteiger partial charge on any atom is -0.313 e. The van der Waals surface area contributed by atoms with Crippen molar-refractivity contribution in [2.75, 3.05) is 11.3 Å². The standard InChI is InChI=1S/C14H17FN2O2S2/c1-2-6-16-9-11-3-4-14(13(15)8-11)21(18,19)17-12-5-7-20-10-12/h3-5,7-8,10,16-17H,2,6,9H2,1H3. The smallest absolute Gasteiger partial charge is 0.264 e. The van der Waals surface area contributed by atoms with E-state index < -0.39 is 15.8 Å². The van der Waals surface area contributed by atoms with Crippen LogP contribution in [0, 0.1) is 5.82 Å². The van der Waals surface area contributed by atoms with Gasteiger partial charge in [0, 0.05) is 11.9 Å². The molecule has 114 valence electrons. The quantitative estimate of drug-likeness (QED) is 0.768. The summed E-state index contributed by atoms with van der Waals surface area (Å²) in [6.45, 7) is 3.39. The Balaban J connectivity index is 2.16. The van der Waals surface area contributed by atoms with Crippen molar-refractivity contribution in [3.05, 3.63) is 46.4 Å². The van der Waals surface area contributed by atoms with Crippen molar-refractivity contribution in [1.82, 2.24) is 5.32 Å². The maximum atomic E-state index is 14.0. The van der Waals surface area contributed by atoms with Crippen molar-refractivity contribution in [3.8, 4) is 0 Å². The highest BCUT2D eigenvalue weighted by atomic mass is 32.2. The molecule has 0 saturated heterocycles. The number of benzene rings is 1. The number of nitrogens with one attached hydrogen (secondary N) is 2. The minimum atomic E-state index is -3.89. The fourth-order valence-electron chi connectivity index (χ4n) is 1.81. The normalized spacial score (nSPS) is 11.5. The summed E-state index contributed by atoms with van der Waals surface area (Å²) in [6.07, 6.45) is 0.986. The van der Waals surface area contributed by atoms with Crippen LogP contribution in [0.3, 0.4) is 0 Å². The largest absolute Gasteiger partial charge is 0.313 e. The van der Waals surface area contributed by atoms with Gasteiger partial charge < -0.3 is 5.32 Å². The highest BCUT2D eigenvalue weighted by Gasteiger charge is 2.19. The van der Waals surface area contributed by atoms with Gasteiger partial charge in [0.2, 0.25) is 0 Å². The van der Waals surface area contributed by atoms with Crippen molar-refractivity contribution in [1.29, 1.82) is 0 Å². The lowest BCUT2D eigenvalue weighted by molar-refractivity contribution is 0.567. The van der Waals surface area contributed by atoms with Crippen LogP contribution in [-0.4, -0.2) is 15.0 Å². The fourth-order valence-corrected chi connectivity index (χ4v) is 3.59. The predicted octanol–water partition coefficient (Wildman–Crippen LogP) is 3.19. The van der Waals surface area contributed by atoms with Crippen molar-refractivity contribution >= 4 is 27.0 Å². The average Bonchev–Trinajstić information content (AvgIpc) is 2.91. The van der Waals surface area contributed by atoms with Crippen LogP contribution < -0.4 is 10.0 Å². The zero-order valence-electron chi connectivity index (χ0n) is 11.6. The van der Waals surface area contributed by atoms with E-state index in [0.717, 1.165) is 18.5 Å². The lowest BCUT2D eigenvalue weighted by Crippen LogP contribution is -2.16. The Morgan fingerprint density at radius 1 is 1.29 bits per heavy atom. The number of sulfonamides is 1. The fraction of sp³-hybridized carbons (Fsp3) is 0.286. The van der Waals surface area contributed by atoms with Gasteiger partial charge in [0.15, 0.2) is 0 Å². The molecule has 0 fully saturated rings. The van der Waals surface area contributed by atoms with E-state index in [4.69, 9.17) is 0 Å². The molecule has 21 heavy (non-hydrogen) atoms. The highest BCUT2D eigenvalue weighted by Crippen LogP contribution is 2.21. The molecule has 0 aliphatic rings. The molecule has 1 heterocycles. The van der Waals surface area contributed by atoms with Crippen LogP contribution in [0.5, 0.6) is 0 Å². The number of hydrogen-bond donors (Lipinski definition) is 2. The first-order chi connectivity index (χ1) is 10.0. The molecule has 0 aliphatic carbocycles. The summed E-state index contributed by atoms with van der Waals surface area (Å²) >= 11 is 1.36. The van der Waals surface area contributed by atoms with Crippen molar-refractivity contribution in [2.24, 2.45) is 0 Å². The first kappa shape index (κ1) is 15.9. The Hall–Kier alpha value is -1.44. The van der Waals surface area contributed by atoms with Crippen LogP contribution >= 0.6 is 11.3 Å². The zero-order chi connectivity index (χ0) is 15.3. The molecule has 1 aromatic carbocycles. The van der Waals surface area contributed by atoms with E-state index in [1.54, 1.807) is 22.9 Å². The van der Waals surface area contributed by atoms with E-state index >= 15 is 0 Å². The summed E-state index contributed by atoms with van der Waals surface area (Å²) in [4.78, 5) is -0.340. The van der Waals surface area contributed by atoms with E-state index in [2.05, 4.69) is 10.0 Å². The van der Waals surface area contributed by atoms with Gasteiger partial charge in [-0.25, -0.2) is 12.8 Å². The van der Waals surface area contributed by atoms with Crippen LogP contribution in [0.1, 0.15) is 18.9 Å². The summed E-state index contributed by atoms with van der Waals surface area (Å²) in [5, 5.41) is 6.54. The zero-order valence-corrected chi connectivity index (χ0v) is 13.2. The van der Waals surface area contributed by atoms with Gasteiger partial charge in [-0.2, -0.15) is 11.3 Å². The first-order valence-corrected chi connectivity index (χ1v) is 8.99. The number of rotatable bonds is 7. The molecule has 0 atom stereocenters. The van der Waals surface area contributed by atoms with Gasteiger partial charge in [-0.15, -0.1) is 0 Å². The molecule has 0 unspecified atom stereocenters. The third-order valence-electron chi connectivity index (χ3n) is 2.82. The first-order valence-electron chi connectivity index (χ1n) is 6.57. The van der Waals surface area contributed by atoms with Gasteiger partial charge >= 0.3 is 0 Å². The molecule has 0 radical (unpaired) electrons. The lowest BCUT2D eigenvalue weighted by Gasteiger charge is -2.09. The van der Waals surface area contributed by atoms with Crippen molar-refractivity contribution in [2.45, 2.75) is 24.8 Å². The summed E-state index contributed by atoms with van der Waals surface area (Å²) in [5.41, 5.74) is 1.16. The lowest BCUT2D eigenvalue weighted by atomic mass is 10.2. The Bertz CT molecular complexity index is 685. The van der Waals surface area contributed by atoms with E-state index in [1.807, 2.05) is 6.92 Å². The Morgan fingerprint density at radius 2 is 2.10 bits per heavy atom. The molecule has 0 bridgehead atoms. The van der Waals surface area contributed by atoms with Crippen molar-refractivity contribution in [3.63, 3.8) is 0 Å². The van der Waals surface area contributed by atoms with E-state index in [1.165, 1.54) is 23.5 Å². The summed E-state index contributed by atoms with van der Waals surface area (Å²) in [6, 6.07) is 5.80. The molecule has 1 aromatic heterocycles. The molecular weight excluding hydrogens is 311 g/mol. The molecule has 2 aromatic rings. The van der Waals surface area contributed by atoms with Gasteiger partial charge in [-0.3, -0.25) is 4.72 Å². The Labute approximate surface area is 128 Å². The number of anilines is 1. The minimum absolute atomic E-state index is 0.340. The summed E-state index contributed by atoms with van der Waals surface area (Å²) < 4.78 is 40.7. The third-order valence-corrected chi connectivity index (χ3v) is 4.91. The van der Waals surface area contributed by atoms with Gasteiger partial charge in [-0.1, -0.05) is 13.0 Å². The van der Waals surface area contributed by atoms with E-state index in [-0.39, 0.29) is 4.90 Å². The topological polar surface area (TPSA) is 58.2 Å². The number of thiophene rings is 1. The molecule has 0 saturated carbocycles. The van der Waals surface area contributed by atoms with Crippen LogP contribution in [0.25, 0.3) is 0 Å². The van der Waals surface area contributed by atoms with Crippen LogP contribution in [0.15, 0.2) is 39.9 Å². The second-order valence-electron chi connectivity index (χ2n) is 4.56. The van der Waals surface area contributed by atoms with Crippen LogP contribution in [0.2, 0.25) is 0 Å². The van der Waals surface area contributed by atoms with Crippen LogP contribution in [-0.2, 0) is 16.6 Å². The maximum Gasteiger partial charge on any atom is 0.264 e. The Morgan fingerprint density at radius 3 is 2.71 bits per heavy atom. The molecule has 4 nitrogen and oxygen atoms in total. The third kappa shape index (κ3) is 4.26. The Kier molecular flexibility index (Phi) is 5.33. The molecule has 0 aliphatic heterocycles. The molecule has 0 amide bonds. The number of hydrogen-bond acceptors (Lipinski definition) is 4. The van der Waals surface area contributed by atoms with Gasteiger partial charge in [-0.05, 0) is 42.1 Å². The average molecular weight is 328 g/mol. The summed E-state index contributed by atoms with van der Waals surface area (Å²) in [7, 11) is -3.89. The predicted molar refractivity (Wildman–Crippen MR) is 83.5 cm³/mol. The second-order valence-corrected chi connectivity index (χ2v) is 6.99.